The molecule has 0 aliphatic carbocycles. The second-order valence-corrected chi connectivity index (χ2v) is 7.75. The topological polar surface area (TPSA) is 29.5 Å². The van der Waals surface area contributed by atoms with Crippen molar-refractivity contribution in [1.82, 2.24) is 4.90 Å². The lowest BCUT2D eigenvalue weighted by Crippen LogP contribution is -2.44. The minimum absolute atomic E-state index is 0.0834. The molecule has 1 spiro atoms. The minimum Gasteiger partial charge on any atom is -0.365 e. The zero-order valence-corrected chi connectivity index (χ0v) is 15.8. The van der Waals surface area contributed by atoms with Gasteiger partial charge in [-0.3, -0.25) is 4.79 Å². The van der Waals surface area contributed by atoms with Gasteiger partial charge in [-0.05, 0) is 54.0 Å². The second kappa shape index (κ2) is 7.29. The van der Waals surface area contributed by atoms with Crippen LogP contribution in [-0.4, -0.2) is 30.2 Å². The van der Waals surface area contributed by atoms with Crippen molar-refractivity contribution in [2.24, 2.45) is 0 Å². The summed E-state index contributed by atoms with van der Waals surface area (Å²) in [6, 6.07) is 16.7. The van der Waals surface area contributed by atoms with Crippen LogP contribution in [0.4, 0.5) is 0 Å². The van der Waals surface area contributed by atoms with Crippen LogP contribution >= 0.6 is 11.8 Å². The Balaban J connectivity index is 1.39. The SMILES string of the molecule is CSc1ccc(C=CC(=O)N2CCC3(CC2)OCc2ccccc23)cc1. The van der Waals surface area contributed by atoms with Crippen LogP contribution in [0.25, 0.3) is 6.08 Å². The van der Waals surface area contributed by atoms with E-state index in [2.05, 4.69) is 42.7 Å². The summed E-state index contributed by atoms with van der Waals surface area (Å²) >= 11 is 1.72. The van der Waals surface area contributed by atoms with Crippen molar-refractivity contribution in [3.05, 3.63) is 71.3 Å². The Morgan fingerprint density at radius 1 is 1.12 bits per heavy atom. The molecule has 0 saturated carbocycles. The summed E-state index contributed by atoms with van der Waals surface area (Å²) in [6.45, 7) is 2.17. The van der Waals surface area contributed by atoms with E-state index in [0.717, 1.165) is 31.5 Å². The van der Waals surface area contributed by atoms with Gasteiger partial charge in [0, 0.05) is 24.1 Å². The lowest BCUT2D eigenvalue weighted by atomic mass is 9.84. The zero-order valence-electron chi connectivity index (χ0n) is 15.0. The highest BCUT2D eigenvalue weighted by molar-refractivity contribution is 7.98. The minimum atomic E-state index is -0.190. The average molecular weight is 365 g/mol. The van der Waals surface area contributed by atoms with Gasteiger partial charge >= 0.3 is 0 Å². The third kappa shape index (κ3) is 3.31. The van der Waals surface area contributed by atoms with Crippen molar-refractivity contribution in [1.29, 1.82) is 0 Å². The van der Waals surface area contributed by atoms with E-state index < -0.39 is 0 Å². The van der Waals surface area contributed by atoms with Gasteiger partial charge < -0.3 is 9.64 Å². The maximum Gasteiger partial charge on any atom is 0.246 e. The Morgan fingerprint density at radius 3 is 2.58 bits per heavy atom. The number of hydrogen-bond acceptors (Lipinski definition) is 3. The van der Waals surface area contributed by atoms with E-state index in [1.165, 1.54) is 16.0 Å². The highest BCUT2D eigenvalue weighted by Gasteiger charge is 2.42. The van der Waals surface area contributed by atoms with Crippen LogP contribution in [0.1, 0.15) is 29.5 Å². The van der Waals surface area contributed by atoms with E-state index in [4.69, 9.17) is 4.74 Å². The van der Waals surface area contributed by atoms with Crippen molar-refractivity contribution in [2.75, 3.05) is 19.3 Å². The van der Waals surface area contributed by atoms with Gasteiger partial charge in [-0.25, -0.2) is 0 Å². The van der Waals surface area contributed by atoms with Crippen LogP contribution in [0.2, 0.25) is 0 Å². The highest BCUT2D eigenvalue weighted by atomic mass is 32.2. The van der Waals surface area contributed by atoms with Crippen LogP contribution < -0.4 is 0 Å². The number of rotatable bonds is 3. The summed E-state index contributed by atoms with van der Waals surface area (Å²) in [4.78, 5) is 15.7. The number of amides is 1. The number of nitrogens with zero attached hydrogens (tertiary/aromatic N) is 1. The molecule has 2 aliphatic rings. The highest BCUT2D eigenvalue weighted by Crippen LogP contribution is 2.43. The number of carbonyl (C=O) groups excluding carboxylic acids is 1. The van der Waals surface area contributed by atoms with Crippen LogP contribution in [0, 0.1) is 0 Å². The molecular formula is C22H23NO2S. The maximum absolute atomic E-state index is 12.5. The Morgan fingerprint density at radius 2 is 1.85 bits per heavy atom. The molecule has 1 fully saturated rings. The zero-order chi connectivity index (χ0) is 18.0. The van der Waals surface area contributed by atoms with Crippen LogP contribution in [0.5, 0.6) is 0 Å². The Bertz CT molecular complexity index is 820. The molecular weight excluding hydrogens is 342 g/mol. The lowest BCUT2D eigenvalue weighted by Gasteiger charge is -2.39. The fraction of sp³-hybridized carbons (Fsp3) is 0.318. The monoisotopic (exact) mass is 365 g/mol. The first-order chi connectivity index (χ1) is 12.7. The van der Waals surface area contributed by atoms with Gasteiger partial charge in [-0.15, -0.1) is 11.8 Å². The van der Waals surface area contributed by atoms with E-state index >= 15 is 0 Å². The number of thioether (sulfide) groups is 1. The standard InChI is InChI=1S/C22H23NO2S/c1-26-19-9-6-17(7-10-19)8-11-21(24)23-14-12-22(13-15-23)20-5-3-2-4-18(20)16-25-22/h2-11H,12-16H2,1H3. The predicted octanol–water partition coefficient (Wildman–Crippen LogP) is 4.47. The molecule has 0 aromatic heterocycles. The van der Waals surface area contributed by atoms with E-state index in [0.29, 0.717) is 6.61 Å². The summed E-state index contributed by atoms with van der Waals surface area (Å²) in [7, 11) is 0. The predicted molar refractivity (Wildman–Crippen MR) is 106 cm³/mol. The summed E-state index contributed by atoms with van der Waals surface area (Å²) < 4.78 is 6.17. The van der Waals surface area contributed by atoms with Crippen molar-refractivity contribution in [3.8, 4) is 0 Å². The third-order valence-electron chi connectivity index (χ3n) is 5.43. The first kappa shape index (κ1) is 17.4. The van der Waals surface area contributed by atoms with Gasteiger partial charge in [0.2, 0.25) is 5.91 Å². The molecule has 4 rings (SSSR count). The smallest absolute Gasteiger partial charge is 0.246 e. The summed E-state index contributed by atoms with van der Waals surface area (Å²) in [5.74, 6) is 0.0834. The molecule has 134 valence electrons. The molecule has 3 nitrogen and oxygen atoms in total. The van der Waals surface area contributed by atoms with Gasteiger partial charge in [0.25, 0.3) is 0 Å². The first-order valence-electron chi connectivity index (χ1n) is 9.04. The van der Waals surface area contributed by atoms with Crippen molar-refractivity contribution < 1.29 is 9.53 Å². The molecule has 1 saturated heterocycles. The lowest BCUT2D eigenvalue weighted by molar-refractivity contribution is -0.133. The van der Waals surface area contributed by atoms with E-state index in [1.54, 1.807) is 17.8 Å². The van der Waals surface area contributed by atoms with Crippen LogP contribution in [-0.2, 0) is 21.7 Å². The molecule has 4 heteroatoms. The molecule has 1 amide bonds. The molecule has 0 radical (unpaired) electrons. The van der Waals surface area contributed by atoms with Gasteiger partial charge in [-0.1, -0.05) is 36.4 Å². The fourth-order valence-corrected chi connectivity index (χ4v) is 4.28. The number of benzene rings is 2. The number of ether oxygens (including phenoxy) is 1. The molecule has 0 atom stereocenters. The summed E-state index contributed by atoms with van der Waals surface area (Å²) in [6.07, 6.45) is 7.38. The molecule has 2 aromatic rings. The van der Waals surface area contributed by atoms with Crippen LogP contribution in [0.15, 0.2) is 59.5 Å². The van der Waals surface area contributed by atoms with Crippen LogP contribution in [0.3, 0.4) is 0 Å². The van der Waals surface area contributed by atoms with Crippen molar-refractivity contribution in [3.63, 3.8) is 0 Å². The van der Waals surface area contributed by atoms with Gasteiger partial charge in [-0.2, -0.15) is 0 Å². The quantitative estimate of drug-likeness (QED) is 0.594. The Labute approximate surface area is 159 Å². The van der Waals surface area contributed by atoms with Crippen molar-refractivity contribution >= 4 is 23.7 Å². The number of fused-ring (bicyclic) bond motifs is 2. The largest absolute Gasteiger partial charge is 0.365 e. The summed E-state index contributed by atoms with van der Waals surface area (Å²) in [5.41, 5.74) is 3.47. The molecule has 2 aromatic carbocycles. The molecule has 2 heterocycles. The number of piperidine rings is 1. The average Bonchev–Trinajstić information content (AvgIpc) is 3.05. The van der Waals surface area contributed by atoms with E-state index in [9.17, 15) is 4.79 Å². The molecule has 2 aliphatic heterocycles. The van der Waals surface area contributed by atoms with Crippen molar-refractivity contribution in [2.45, 2.75) is 29.9 Å². The Hall–Kier alpha value is -2.04. The maximum atomic E-state index is 12.5. The molecule has 0 bridgehead atoms. The van der Waals surface area contributed by atoms with Gasteiger partial charge in [0.15, 0.2) is 0 Å². The third-order valence-corrected chi connectivity index (χ3v) is 6.17. The van der Waals surface area contributed by atoms with Gasteiger partial charge in [0.05, 0.1) is 12.2 Å². The number of carbonyl (C=O) groups is 1. The number of likely N-dealkylation sites (tertiary alicyclic amines) is 1. The number of hydrogen-bond donors (Lipinski definition) is 0. The molecule has 0 unspecified atom stereocenters. The Kier molecular flexibility index (Phi) is 4.88. The first-order valence-corrected chi connectivity index (χ1v) is 10.3. The summed E-state index contributed by atoms with van der Waals surface area (Å²) in [5, 5.41) is 0. The van der Waals surface area contributed by atoms with Gasteiger partial charge in [0.1, 0.15) is 0 Å². The fourth-order valence-electron chi connectivity index (χ4n) is 3.87. The normalized spacial score (nSPS) is 18.4. The second-order valence-electron chi connectivity index (χ2n) is 6.87. The van der Waals surface area contributed by atoms with E-state index in [-0.39, 0.29) is 11.5 Å². The molecule has 26 heavy (non-hydrogen) atoms. The molecule has 0 N–H and O–H groups in total. The van der Waals surface area contributed by atoms with E-state index in [1.807, 2.05) is 23.1 Å².